The van der Waals surface area contributed by atoms with Crippen molar-refractivity contribution >= 4 is 29.8 Å². The Kier molecular flexibility index (Phi) is 41.1. The molecule has 12 nitrogen and oxygen atoms in total. The van der Waals surface area contributed by atoms with Gasteiger partial charge in [-0.25, -0.2) is 4.79 Å². The maximum atomic E-state index is 14.7. The van der Waals surface area contributed by atoms with E-state index >= 15 is 0 Å². The first-order valence-electron chi connectivity index (χ1n) is 37.7. The van der Waals surface area contributed by atoms with Gasteiger partial charge in [0, 0.05) is 64.2 Å². The number of esters is 5. The molecule has 0 aliphatic carbocycles. The molecule has 0 N–H and O–H groups in total. The first kappa shape index (κ1) is 76.4. The van der Waals surface area contributed by atoms with Crippen molar-refractivity contribution in [3.8, 4) is 0 Å². The van der Waals surface area contributed by atoms with Gasteiger partial charge in [0.2, 0.25) is 5.60 Å². The van der Waals surface area contributed by atoms with Crippen molar-refractivity contribution in [1.82, 2.24) is 0 Å². The maximum Gasteiger partial charge on any atom is 0.348 e. The minimum atomic E-state index is -1.58. The summed E-state index contributed by atoms with van der Waals surface area (Å²) in [5, 5.41) is 0. The highest BCUT2D eigenvalue weighted by molar-refractivity contribution is 5.86. The number of benzene rings is 2. The Bertz CT molecular complexity index is 2060. The fourth-order valence-electron chi connectivity index (χ4n) is 14.7. The van der Waals surface area contributed by atoms with Crippen LogP contribution in [0.1, 0.15) is 340 Å². The molecule has 3 fully saturated rings. The molecule has 2 aromatic rings. The summed E-state index contributed by atoms with van der Waals surface area (Å²) >= 11 is 0. The van der Waals surface area contributed by atoms with Gasteiger partial charge < -0.3 is 32.9 Å². The van der Waals surface area contributed by atoms with Crippen LogP contribution in [0.25, 0.3) is 0 Å². The fraction of sp³-hybridized carbons (Fsp3) is 0.782. The number of nitrogens with zero attached hydrogens (tertiary/aromatic N) is 1. The third-order valence-electron chi connectivity index (χ3n) is 20.1. The summed E-state index contributed by atoms with van der Waals surface area (Å²) in [4.78, 5) is 66.2. The van der Waals surface area contributed by atoms with Crippen LogP contribution in [0.5, 0.6) is 0 Å². The number of hydrogen-bond acceptors (Lipinski definition) is 11. The molecule has 510 valence electrons. The maximum absolute atomic E-state index is 14.7. The fourth-order valence-corrected chi connectivity index (χ4v) is 14.7. The third kappa shape index (κ3) is 30.6. The topological polar surface area (TPSA) is 141 Å². The second-order valence-corrected chi connectivity index (χ2v) is 27.4. The van der Waals surface area contributed by atoms with E-state index in [1.165, 1.54) is 204 Å². The van der Waals surface area contributed by atoms with Gasteiger partial charge >= 0.3 is 29.8 Å². The molecule has 0 amide bonds. The van der Waals surface area contributed by atoms with Crippen molar-refractivity contribution < 1.29 is 56.9 Å². The highest BCUT2D eigenvalue weighted by Crippen LogP contribution is 2.47. The van der Waals surface area contributed by atoms with Gasteiger partial charge in [0.1, 0.15) is 19.3 Å². The van der Waals surface area contributed by atoms with Crippen LogP contribution in [0.3, 0.4) is 0 Å². The number of piperidine rings is 1. The second-order valence-electron chi connectivity index (χ2n) is 27.4. The molecule has 2 aromatic carbocycles. The average Bonchev–Trinajstić information content (AvgIpc) is 1.49. The van der Waals surface area contributed by atoms with E-state index in [4.69, 9.17) is 28.4 Å². The zero-order valence-electron chi connectivity index (χ0n) is 57.2. The summed E-state index contributed by atoms with van der Waals surface area (Å²) in [7, 11) is 0. The lowest BCUT2D eigenvalue weighted by atomic mass is 9.85. The lowest BCUT2D eigenvalue weighted by Crippen LogP contribution is -2.60. The van der Waals surface area contributed by atoms with Gasteiger partial charge in [0.25, 0.3) is 0 Å². The summed E-state index contributed by atoms with van der Waals surface area (Å²) in [6, 6.07) is 20.1. The lowest BCUT2D eigenvalue weighted by molar-refractivity contribution is -0.956. The number of hydrogen-bond donors (Lipinski definition) is 0. The van der Waals surface area contributed by atoms with Crippen molar-refractivity contribution in [2.24, 2.45) is 0 Å². The van der Waals surface area contributed by atoms with Crippen LogP contribution < -0.4 is 0 Å². The van der Waals surface area contributed by atoms with Crippen molar-refractivity contribution in [3.05, 3.63) is 71.8 Å². The number of carbonyl (C=O) groups excluding carboxylic acids is 5. The van der Waals surface area contributed by atoms with Crippen LogP contribution in [-0.2, 0) is 58.0 Å². The number of ether oxygens (including phenoxy) is 6. The van der Waals surface area contributed by atoms with Gasteiger partial charge in [-0.2, -0.15) is 0 Å². The van der Waals surface area contributed by atoms with E-state index in [9.17, 15) is 24.0 Å². The summed E-state index contributed by atoms with van der Waals surface area (Å²) < 4.78 is 36.9. The average molecular weight is 1260 g/mol. The van der Waals surface area contributed by atoms with Gasteiger partial charge in [-0.1, -0.05) is 299 Å². The van der Waals surface area contributed by atoms with Crippen LogP contribution in [0.4, 0.5) is 0 Å². The first-order valence-corrected chi connectivity index (χ1v) is 37.7. The first-order chi connectivity index (χ1) is 44.2. The van der Waals surface area contributed by atoms with Crippen LogP contribution in [0.15, 0.2) is 60.7 Å². The molecular weight excluding hydrogens is 1130 g/mol. The minimum absolute atomic E-state index is 0.0995. The van der Waals surface area contributed by atoms with E-state index in [2.05, 4.69) is 13.8 Å². The Balaban J connectivity index is 0.888. The standard InChI is InChI=1S/C78H128NO11/c1-3-5-7-9-11-13-15-18-22-26-30-34-44-54-73(80)85-64-72(65-86-74(81)55-45-35-31-27-23-19-16-14-12-10-8-6-4-2)89-76(83)57-47-37-33-29-25-21-17-20-24-28-32-36-46-56-75(82)87-66-88-78(67-50-40-38-41-51-67,68-52-42-39-43-53-68)77(84)90-71-62-69-58-59-70(63-71)79(69)60-48-49-61-79/h38-43,50-53,69-72H,3-37,44-49,54-66H2,1-2H3/q+1. The van der Waals surface area contributed by atoms with Crippen LogP contribution in [0, 0.1) is 0 Å². The molecular formula is C78H128NO11+. The van der Waals surface area contributed by atoms with Gasteiger partial charge in [-0.3, -0.25) is 19.2 Å². The zero-order chi connectivity index (χ0) is 63.8. The third-order valence-corrected chi connectivity index (χ3v) is 20.1. The molecule has 2 bridgehead atoms. The Labute approximate surface area is 547 Å². The molecule has 12 heteroatoms. The largest absolute Gasteiger partial charge is 0.462 e. The lowest BCUT2D eigenvalue weighted by Gasteiger charge is -2.47. The predicted octanol–water partition coefficient (Wildman–Crippen LogP) is 20.1. The molecule has 5 rings (SSSR count). The van der Waals surface area contributed by atoms with Crippen molar-refractivity contribution in [2.75, 3.05) is 33.1 Å². The molecule has 3 saturated heterocycles. The van der Waals surface area contributed by atoms with Crippen LogP contribution in [-0.4, -0.2) is 91.7 Å². The Morgan fingerprint density at radius 3 is 1.07 bits per heavy atom. The normalized spacial score (nSPS) is 16.8. The van der Waals surface area contributed by atoms with Crippen LogP contribution >= 0.6 is 0 Å². The van der Waals surface area contributed by atoms with E-state index in [-0.39, 0.29) is 56.4 Å². The quantitative estimate of drug-likeness (QED) is 0.0205. The number of carbonyl (C=O) groups is 5. The Hall–Kier alpha value is -4.29. The number of unbranched alkanes of at least 4 members (excludes halogenated alkanes) is 36. The van der Waals surface area contributed by atoms with Gasteiger partial charge in [0.05, 0.1) is 25.2 Å². The Morgan fingerprint density at radius 2 is 0.722 bits per heavy atom. The predicted molar refractivity (Wildman–Crippen MR) is 363 cm³/mol. The monoisotopic (exact) mass is 1250 g/mol. The highest BCUT2D eigenvalue weighted by Gasteiger charge is 2.57. The number of quaternary nitrogens is 1. The Morgan fingerprint density at radius 1 is 0.411 bits per heavy atom. The summed E-state index contributed by atoms with van der Waals surface area (Å²) in [6.45, 7) is 6.48. The molecule has 2 atom stereocenters. The molecule has 0 aromatic heterocycles. The SMILES string of the molecule is CCCCCCCCCCCCCCCC(=O)OCC(COC(=O)CCCCCCCCCCCCCCC)OC(=O)CCCCCCCCCCCCCCCC(=O)OCOC(C(=O)OC1CC2CCC(C1)[N+]21CCCC1)(c1ccccc1)c1ccccc1. The van der Waals surface area contributed by atoms with Crippen molar-refractivity contribution in [1.29, 1.82) is 0 Å². The second kappa shape index (κ2) is 48.4. The molecule has 3 heterocycles. The van der Waals surface area contributed by atoms with Crippen LogP contribution in [0.2, 0.25) is 0 Å². The highest BCUT2D eigenvalue weighted by atomic mass is 16.7. The van der Waals surface area contributed by atoms with E-state index in [0.717, 1.165) is 103 Å². The molecule has 0 saturated carbocycles. The minimum Gasteiger partial charge on any atom is -0.462 e. The summed E-state index contributed by atoms with van der Waals surface area (Å²) in [5.41, 5.74) is -0.282. The van der Waals surface area contributed by atoms with Gasteiger partial charge in [0.15, 0.2) is 12.9 Å². The van der Waals surface area contributed by atoms with E-state index in [0.29, 0.717) is 42.5 Å². The van der Waals surface area contributed by atoms with Crippen molar-refractivity contribution in [2.45, 2.75) is 358 Å². The molecule has 3 aliphatic rings. The molecule has 0 radical (unpaired) electrons. The van der Waals surface area contributed by atoms with Gasteiger partial charge in [-0.15, -0.1) is 0 Å². The smallest absolute Gasteiger partial charge is 0.348 e. The molecule has 90 heavy (non-hydrogen) atoms. The van der Waals surface area contributed by atoms with Gasteiger partial charge in [-0.05, 0) is 36.8 Å². The zero-order valence-corrected chi connectivity index (χ0v) is 57.2. The van der Waals surface area contributed by atoms with E-state index < -0.39 is 17.7 Å². The van der Waals surface area contributed by atoms with E-state index in [1.807, 2.05) is 60.7 Å². The van der Waals surface area contributed by atoms with E-state index in [1.54, 1.807) is 0 Å². The molecule has 3 aliphatic heterocycles. The summed E-state index contributed by atoms with van der Waals surface area (Å²) in [6.07, 6.45) is 53.0. The number of rotatable bonds is 56. The molecule has 1 spiro atoms. The summed E-state index contributed by atoms with van der Waals surface area (Å²) in [5.74, 6) is -1.71. The van der Waals surface area contributed by atoms with Crippen molar-refractivity contribution in [3.63, 3.8) is 0 Å². The molecule has 2 unspecified atom stereocenters.